The Kier molecular flexibility index (Phi) is 4.42. The fraction of sp³-hybridized carbons (Fsp3) is 0.300. The molecule has 0 aliphatic heterocycles. The van der Waals surface area contributed by atoms with E-state index in [0.29, 0.717) is 28.1 Å². The van der Waals surface area contributed by atoms with Crippen LogP contribution in [-0.4, -0.2) is 19.0 Å². The van der Waals surface area contributed by atoms with Gasteiger partial charge in [0.15, 0.2) is 11.5 Å². The first-order valence-corrected chi connectivity index (χ1v) is 5.47. The average molecular weight is 294 g/mol. The second-order valence-electron chi connectivity index (χ2n) is 2.69. The van der Waals surface area contributed by atoms with Crippen LogP contribution < -0.4 is 9.47 Å². The Labute approximate surface area is 101 Å². The first-order chi connectivity index (χ1) is 7.10. The largest absolute Gasteiger partial charge is 0.493 e. The maximum Gasteiger partial charge on any atom is 0.253 e. The van der Waals surface area contributed by atoms with Crippen LogP contribution in [0.1, 0.15) is 17.3 Å². The summed E-state index contributed by atoms with van der Waals surface area (Å²) in [6, 6.07) is 3.21. The lowest BCUT2D eigenvalue weighted by atomic mass is 10.2. The summed E-state index contributed by atoms with van der Waals surface area (Å²) in [6.45, 7) is 2.34. The molecule has 0 bridgehead atoms. The minimum Gasteiger partial charge on any atom is -0.493 e. The van der Waals surface area contributed by atoms with E-state index in [4.69, 9.17) is 21.1 Å². The fourth-order valence-corrected chi connectivity index (χ4v) is 1.89. The van der Waals surface area contributed by atoms with Gasteiger partial charge in [-0.15, -0.1) is 0 Å². The van der Waals surface area contributed by atoms with Gasteiger partial charge in [-0.3, -0.25) is 4.79 Å². The Hall–Kier alpha value is -0.740. The van der Waals surface area contributed by atoms with Gasteiger partial charge < -0.3 is 9.47 Å². The molecule has 0 fully saturated rings. The van der Waals surface area contributed by atoms with E-state index in [1.165, 1.54) is 7.11 Å². The minimum atomic E-state index is -0.537. The van der Waals surface area contributed by atoms with Crippen molar-refractivity contribution in [2.45, 2.75) is 6.92 Å². The second kappa shape index (κ2) is 5.37. The maximum atomic E-state index is 11.1. The molecule has 0 heterocycles. The number of carbonyl (C=O) groups excluding carboxylic acids is 1. The van der Waals surface area contributed by atoms with E-state index >= 15 is 0 Å². The zero-order valence-corrected chi connectivity index (χ0v) is 10.7. The molecule has 0 saturated carbocycles. The van der Waals surface area contributed by atoms with Gasteiger partial charge in [0.25, 0.3) is 5.24 Å². The number of carbonyl (C=O) groups is 1. The van der Waals surface area contributed by atoms with Crippen molar-refractivity contribution < 1.29 is 14.3 Å². The van der Waals surface area contributed by atoms with Crippen LogP contribution >= 0.6 is 27.5 Å². The summed E-state index contributed by atoms with van der Waals surface area (Å²) in [6.07, 6.45) is 0. The van der Waals surface area contributed by atoms with Crippen LogP contribution in [0.5, 0.6) is 11.5 Å². The molecule has 1 aromatic carbocycles. The molecule has 0 amide bonds. The first-order valence-electron chi connectivity index (χ1n) is 4.30. The summed E-state index contributed by atoms with van der Waals surface area (Å²) in [5, 5.41) is -0.537. The Morgan fingerprint density at radius 3 is 2.60 bits per heavy atom. The molecule has 82 valence electrons. The van der Waals surface area contributed by atoms with Crippen molar-refractivity contribution in [2.24, 2.45) is 0 Å². The predicted octanol–water partition coefficient (Wildman–Crippen LogP) is 3.24. The smallest absolute Gasteiger partial charge is 0.253 e. The van der Waals surface area contributed by atoms with Crippen LogP contribution in [0, 0.1) is 0 Å². The quantitative estimate of drug-likeness (QED) is 0.800. The molecule has 0 N–H and O–H groups in total. The molecule has 0 aliphatic carbocycles. The van der Waals surface area contributed by atoms with Crippen molar-refractivity contribution >= 4 is 32.8 Å². The number of hydrogen-bond acceptors (Lipinski definition) is 3. The van der Waals surface area contributed by atoms with Crippen LogP contribution in [0.25, 0.3) is 0 Å². The minimum absolute atomic E-state index is 0.362. The first kappa shape index (κ1) is 12.3. The molecule has 0 aliphatic rings. The highest BCUT2D eigenvalue weighted by atomic mass is 79.9. The number of halogens is 2. The van der Waals surface area contributed by atoms with Crippen molar-refractivity contribution in [1.29, 1.82) is 0 Å². The Morgan fingerprint density at radius 1 is 1.47 bits per heavy atom. The molecule has 1 aromatic rings. The van der Waals surface area contributed by atoms with Gasteiger partial charge in [0.05, 0.1) is 19.3 Å². The third-order valence-corrected chi connectivity index (χ3v) is 2.62. The lowest BCUT2D eigenvalue weighted by Gasteiger charge is -2.11. The predicted molar refractivity (Wildman–Crippen MR) is 62.0 cm³/mol. The van der Waals surface area contributed by atoms with E-state index in [1.54, 1.807) is 12.1 Å². The van der Waals surface area contributed by atoms with E-state index in [9.17, 15) is 4.79 Å². The zero-order valence-electron chi connectivity index (χ0n) is 8.34. The number of ether oxygens (including phenoxy) is 2. The molecular formula is C10H10BrClO3. The van der Waals surface area contributed by atoms with Crippen LogP contribution in [0.2, 0.25) is 0 Å². The molecular weight excluding hydrogens is 283 g/mol. The van der Waals surface area contributed by atoms with Gasteiger partial charge in [0, 0.05) is 4.47 Å². The van der Waals surface area contributed by atoms with Crippen LogP contribution in [0.4, 0.5) is 0 Å². The van der Waals surface area contributed by atoms with Crippen molar-refractivity contribution in [3.8, 4) is 11.5 Å². The Balaban J connectivity index is 3.23. The molecule has 15 heavy (non-hydrogen) atoms. The van der Waals surface area contributed by atoms with Crippen LogP contribution in [0.15, 0.2) is 16.6 Å². The molecule has 0 spiro atoms. The van der Waals surface area contributed by atoms with E-state index < -0.39 is 5.24 Å². The summed E-state index contributed by atoms with van der Waals surface area (Å²) in [5.41, 5.74) is 0.362. The van der Waals surface area contributed by atoms with Gasteiger partial charge in [-0.2, -0.15) is 0 Å². The normalized spacial score (nSPS) is 9.87. The molecule has 0 aromatic heterocycles. The molecule has 1 rings (SSSR count). The molecule has 0 unspecified atom stereocenters. The third-order valence-electron chi connectivity index (χ3n) is 1.76. The van der Waals surface area contributed by atoms with Gasteiger partial charge in [0.1, 0.15) is 0 Å². The lowest BCUT2D eigenvalue weighted by molar-refractivity contribution is 0.108. The van der Waals surface area contributed by atoms with E-state index in [0.717, 1.165) is 0 Å². The number of benzene rings is 1. The maximum absolute atomic E-state index is 11.1. The molecule has 0 atom stereocenters. The third kappa shape index (κ3) is 2.86. The van der Waals surface area contributed by atoms with Gasteiger partial charge in [0.2, 0.25) is 0 Å². The highest BCUT2D eigenvalue weighted by Gasteiger charge is 2.13. The Bertz CT molecular complexity index is 379. The molecule has 5 heteroatoms. The van der Waals surface area contributed by atoms with Crippen molar-refractivity contribution in [3.05, 3.63) is 22.2 Å². The number of hydrogen-bond donors (Lipinski definition) is 0. The summed E-state index contributed by atoms with van der Waals surface area (Å²) < 4.78 is 11.0. The van der Waals surface area contributed by atoms with Gasteiger partial charge in [-0.25, -0.2) is 0 Å². The molecule has 3 nitrogen and oxygen atoms in total. The van der Waals surface area contributed by atoms with Crippen LogP contribution in [0.3, 0.4) is 0 Å². The molecule has 0 radical (unpaired) electrons. The van der Waals surface area contributed by atoms with E-state index in [1.807, 2.05) is 6.92 Å². The summed E-state index contributed by atoms with van der Waals surface area (Å²) in [7, 11) is 1.53. The highest BCUT2D eigenvalue weighted by molar-refractivity contribution is 9.10. The monoisotopic (exact) mass is 292 g/mol. The zero-order chi connectivity index (χ0) is 11.4. The number of rotatable bonds is 4. The van der Waals surface area contributed by atoms with Gasteiger partial charge in [-0.05, 0) is 46.6 Å². The number of methoxy groups -OCH3 is 1. The fourth-order valence-electron chi connectivity index (χ4n) is 1.11. The SMILES string of the molecule is CCOc1cc(C(=O)Cl)c(Br)cc1OC. The van der Waals surface area contributed by atoms with Crippen molar-refractivity contribution in [2.75, 3.05) is 13.7 Å². The van der Waals surface area contributed by atoms with Crippen molar-refractivity contribution in [1.82, 2.24) is 0 Å². The average Bonchev–Trinajstić information content (AvgIpc) is 2.20. The Morgan fingerprint density at radius 2 is 2.13 bits per heavy atom. The topological polar surface area (TPSA) is 35.5 Å². The highest BCUT2D eigenvalue weighted by Crippen LogP contribution is 2.34. The van der Waals surface area contributed by atoms with Crippen molar-refractivity contribution in [3.63, 3.8) is 0 Å². The standard InChI is InChI=1S/C10H10BrClO3/c1-3-15-9-4-6(10(12)13)7(11)5-8(9)14-2/h4-5H,3H2,1-2H3. The van der Waals surface area contributed by atoms with E-state index in [2.05, 4.69) is 15.9 Å². The van der Waals surface area contributed by atoms with Crippen LogP contribution in [-0.2, 0) is 0 Å². The summed E-state index contributed by atoms with van der Waals surface area (Å²) in [4.78, 5) is 11.1. The summed E-state index contributed by atoms with van der Waals surface area (Å²) in [5.74, 6) is 1.07. The molecule has 0 saturated heterocycles. The second-order valence-corrected chi connectivity index (χ2v) is 3.89. The lowest BCUT2D eigenvalue weighted by Crippen LogP contribution is -1.99. The van der Waals surface area contributed by atoms with Gasteiger partial charge in [-0.1, -0.05) is 0 Å². The summed E-state index contributed by atoms with van der Waals surface area (Å²) >= 11 is 8.64. The van der Waals surface area contributed by atoms with E-state index in [-0.39, 0.29) is 0 Å². The van der Waals surface area contributed by atoms with Gasteiger partial charge >= 0.3 is 0 Å².